The van der Waals surface area contributed by atoms with E-state index < -0.39 is 12.0 Å². The molecule has 0 aromatic heterocycles. The summed E-state index contributed by atoms with van der Waals surface area (Å²) in [6, 6.07) is 5.44. The first-order valence-corrected chi connectivity index (χ1v) is 9.62. The van der Waals surface area contributed by atoms with Gasteiger partial charge >= 0.3 is 5.97 Å². The normalized spacial score (nSPS) is 21.3. The summed E-state index contributed by atoms with van der Waals surface area (Å²) in [5.41, 5.74) is 0.398. The van der Waals surface area contributed by atoms with Crippen LogP contribution in [0.2, 0.25) is 0 Å². The maximum absolute atomic E-state index is 13.9. The number of carbonyl (C=O) groups excluding carboxylic acids is 2. The van der Waals surface area contributed by atoms with Gasteiger partial charge in [0, 0.05) is 12.3 Å². The fourth-order valence-electron chi connectivity index (χ4n) is 3.66. The number of rotatable bonds is 7. The average Bonchev–Trinajstić information content (AvgIpc) is 2.63. The van der Waals surface area contributed by atoms with Crippen molar-refractivity contribution in [2.45, 2.75) is 58.9 Å². The molecule has 26 heavy (non-hydrogen) atoms. The van der Waals surface area contributed by atoms with Gasteiger partial charge in [-0.25, -0.2) is 9.18 Å². The van der Waals surface area contributed by atoms with Gasteiger partial charge in [0.15, 0.2) is 0 Å². The van der Waals surface area contributed by atoms with E-state index >= 15 is 0 Å². The topological polar surface area (TPSA) is 55.4 Å². The molecule has 1 atom stereocenters. The fourth-order valence-corrected chi connectivity index (χ4v) is 3.66. The van der Waals surface area contributed by atoms with Crippen LogP contribution in [0.5, 0.6) is 0 Å². The molecule has 0 saturated heterocycles. The van der Waals surface area contributed by atoms with E-state index in [1.807, 2.05) is 0 Å². The van der Waals surface area contributed by atoms with Gasteiger partial charge in [-0.05, 0) is 56.1 Å². The lowest BCUT2D eigenvalue weighted by atomic mass is 9.76. The van der Waals surface area contributed by atoms with Crippen LogP contribution < -0.4 is 5.32 Å². The summed E-state index contributed by atoms with van der Waals surface area (Å²) in [4.78, 5) is 24.9. The minimum Gasteiger partial charge on any atom is -0.464 e. The lowest BCUT2D eigenvalue weighted by Crippen LogP contribution is -2.46. The molecule has 2 rings (SSSR count). The third-order valence-corrected chi connectivity index (χ3v) is 5.35. The zero-order valence-electron chi connectivity index (χ0n) is 16.0. The van der Waals surface area contributed by atoms with Crippen molar-refractivity contribution in [3.63, 3.8) is 0 Å². The van der Waals surface area contributed by atoms with Gasteiger partial charge in [-0.3, -0.25) is 4.79 Å². The molecule has 1 saturated carbocycles. The molecule has 1 aromatic carbocycles. The summed E-state index contributed by atoms with van der Waals surface area (Å²) < 4.78 is 19.0. The van der Waals surface area contributed by atoms with Gasteiger partial charge in [-0.2, -0.15) is 0 Å². The molecule has 0 spiro atoms. The Morgan fingerprint density at radius 1 is 1.19 bits per heavy atom. The summed E-state index contributed by atoms with van der Waals surface area (Å²) >= 11 is 0. The Bertz CT molecular complexity index is 609. The first-order valence-electron chi connectivity index (χ1n) is 9.62. The van der Waals surface area contributed by atoms with Crippen LogP contribution in [0.3, 0.4) is 0 Å². The largest absolute Gasteiger partial charge is 0.464 e. The standard InChI is InChI=1S/C21H30FNO3/c1-4-26-21(25)19(13-17-7-5-6-8-18(17)22)23-20(24)16-11-9-15(10-12-16)14(2)3/h5-8,14-16,19H,4,9-13H2,1-3H3,(H,23,24)/t15-,16-,19?. The molecule has 1 fully saturated rings. The van der Waals surface area contributed by atoms with Crippen molar-refractivity contribution >= 4 is 11.9 Å². The van der Waals surface area contributed by atoms with Crippen molar-refractivity contribution in [1.82, 2.24) is 5.32 Å². The second kappa shape index (κ2) is 9.70. The molecular weight excluding hydrogens is 333 g/mol. The molecule has 0 aliphatic heterocycles. The highest BCUT2D eigenvalue weighted by atomic mass is 19.1. The van der Waals surface area contributed by atoms with E-state index in [9.17, 15) is 14.0 Å². The first-order chi connectivity index (χ1) is 12.4. The predicted octanol–water partition coefficient (Wildman–Crippen LogP) is 3.88. The second-order valence-corrected chi connectivity index (χ2v) is 7.46. The van der Waals surface area contributed by atoms with Crippen molar-refractivity contribution in [2.75, 3.05) is 6.61 Å². The predicted molar refractivity (Wildman–Crippen MR) is 99.0 cm³/mol. The minimum absolute atomic E-state index is 0.0810. The minimum atomic E-state index is -0.859. The van der Waals surface area contributed by atoms with Crippen LogP contribution in [0.25, 0.3) is 0 Å². The van der Waals surface area contributed by atoms with Crippen molar-refractivity contribution in [1.29, 1.82) is 0 Å². The summed E-state index contributed by atoms with van der Waals surface area (Å²) in [6.07, 6.45) is 3.84. The van der Waals surface area contributed by atoms with Gasteiger partial charge in [-0.1, -0.05) is 32.0 Å². The molecule has 1 N–H and O–H groups in total. The second-order valence-electron chi connectivity index (χ2n) is 7.46. The summed E-state index contributed by atoms with van der Waals surface area (Å²) in [5, 5.41) is 2.81. The maximum atomic E-state index is 13.9. The molecule has 1 aliphatic carbocycles. The SMILES string of the molecule is CCOC(=O)C(Cc1ccccc1F)NC(=O)[C@H]1CC[C@H](C(C)C)CC1. The van der Waals surface area contributed by atoms with Crippen LogP contribution >= 0.6 is 0 Å². The lowest BCUT2D eigenvalue weighted by molar-refractivity contribution is -0.148. The number of ether oxygens (including phenoxy) is 1. The van der Waals surface area contributed by atoms with Crippen LogP contribution in [-0.2, 0) is 20.7 Å². The Morgan fingerprint density at radius 3 is 2.42 bits per heavy atom. The van der Waals surface area contributed by atoms with Gasteiger partial charge in [-0.15, -0.1) is 0 Å². The smallest absolute Gasteiger partial charge is 0.328 e. The molecule has 1 amide bonds. The Kier molecular flexibility index (Phi) is 7.61. The van der Waals surface area contributed by atoms with Gasteiger partial charge < -0.3 is 10.1 Å². The third-order valence-electron chi connectivity index (χ3n) is 5.35. The summed E-state index contributed by atoms with van der Waals surface area (Å²) in [5.74, 6) is 0.197. The first kappa shape index (κ1) is 20.4. The van der Waals surface area contributed by atoms with E-state index in [0.717, 1.165) is 25.7 Å². The van der Waals surface area contributed by atoms with E-state index in [1.54, 1.807) is 25.1 Å². The molecule has 0 bridgehead atoms. The lowest BCUT2D eigenvalue weighted by Gasteiger charge is -2.31. The summed E-state index contributed by atoms with van der Waals surface area (Å²) in [6.45, 7) is 6.38. The van der Waals surface area contributed by atoms with E-state index in [4.69, 9.17) is 4.74 Å². The Labute approximate surface area is 155 Å². The molecule has 4 nitrogen and oxygen atoms in total. The highest BCUT2D eigenvalue weighted by molar-refractivity contribution is 5.86. The zero-order valence-corrected chi connectivity index (χ0v) is 16.0. The van der Waals surface area contributed by atoms with E-state index in [1.165, 1.54) is 6.07 Å². The molecule has 0 radical (unpaired) electrons. The number of esters is 1. The molecule has 1 unspecified atom stereocenters. The number of amides is 1. The highest BCUT2D eigenvalue weighted by Crippen LogP contribution is 2.33. The van der Waals surface area contributed by atoms with Gasteiger partial charge in [0.25, 0.3) is 0 Å². The fraction of sp³-hybridized carbons (Fsp3) is 0.619. The van der Waals surface area contributed by atoms with Gasteiger partial charge in [0.1, 0.15) is 11.9 Å². The van der Waals surface area contributed by atoms with Crippen LogP contribution in [0.15, 0.2) is 24.3 Å². The maximum Gasteiger partial charge on any atom is 0.328 e. The van der Waals surface area contributed by atoms with Gasteiger partial charge in [0.05, 0.1) is 6.61 Å². The number of nitrogens with one attached hydrogen (secondary N) is 1. The Morgan fingerprint density at radius 2 is 1.85 bits per heavy atom. The van der Waals surface area contributed by atoms with Crippen molar-refractivity contribution in [2.24, 2.45) is 17.8 Å². The van der Waals surface area contributed by atoms with E-state index in [0.29, 0.717) is 17.4 Å². The Balaban J connectivity index is 2.01. The van der Waals surface area contributed by atoms with Crippen molar-refractivity contribution in [3.8, 4) is 0 Å². The quantitative estimate of drug-likeness (QED) is 0.748. The molecule has 1 aromatic rings. The number of carbonyl (C=O) groups is 2. The van der Waals surface area contributed by atoms with Crippen molar-refractivity contribution < 1.29 is 18.7 Å². The number of hydrogen-bond donors (Lipinski definition) is 1. The van der Waals surface area contributed by atoms with Crippen LogP contribution in [0.4, 0.5) is 4.39 Å². The molecular formula is C21H30FNO3. The zero-order chi connectivity index (χ0) is 19.1. The highest BCUT2D eigenvalue weighted by Gasteiger charge is 2.31. The van der Waals surface area contributed by atoms with Crippen LogP contribution in [0.1, 0.15) is 52.0 Å². The van der Waals surface area contributed by atoms with Crippen LogP contribution in [0, 0.1) is 23.6 Å². The molecule has 1 aliphatic rings. The van der Waals surface area contributed by atoms with Gasteiger partial charge in [0.2, 0.25) is 5.91 Å². The number of benzene rings is 1. The Hall–Kier alpha value is -1.91. The monoisotopic (exact) mass is 363 g/mol. The average molecular weight is 363 g/mol. The van der Waals surface area contributed by atoms with Crippen molar-refractivity contribution in [3.05, 3.63) is 35.6 Å². The summed E-state index contributed by atoms with van der Waals surface area (Å²) in [7, 11) is 0. The molecule has 5 heteroatoms. The number of hydrogen-bond acceptors (Lipinski definition) is 3. The van der Waals surface area contributed by atoms with Crippen LogP contribution in [-0.4, -0.2) is 24.5 Å². The molecule has 144 valence electrons. The van der Waals surface area contributed by atoms with E-state index in [-0.39, 0.29) is 30.7 Å². The molecule has 0 heterocycles. The third kappa shape index (κ3) is 5.55. The number of halogens is 1. The van der Waals surface area contributed by atoms with E-state index in [2.05, 4.69) is 19.2 Å².